The molecule has 5 heteroatoms. The molecule has 0 saturated heterocycles. The lowest BCUT2D eigenvalue weighted by Crippen LogP contribution is -1.98. The van der Waals surface area contributed by atoms with Gasteiger partial charge in [-0.05, 0) is 24.3 Å². The number of halogens is 1. The number of methoxy groups -OCH3 is 1. The Morgan fingerprint density at radius 2 is 2.12 bits per heavy atom. The van der Waals surface area contributed by atoms with Crippen molar-refractivity contribution in [3.8, 4) is 11.7 Å². The van der Waals surface area contributed by atoms with Crippen LogP contribution in [0.5, 0.6) is 11.7 Å². The minimum Gasteiger partial charge on any atom is -0.463 e. The van der Waals surface area contributed by atoms with E-state index in [0.29, 0.717) is 10.8 Å². The standard InChI is InChI=1S/C12H9ClO4/c1-15-12(14)10-5-6-11(17-10)16-9-4-2-3-8(13)7-9/h2-7H,1H3. The van der Waals surface area contributed by atoms with Gasteiger partial charge in [-0.15, -0.1) is 0 Å². The zero-order chi connectivity index (χ0) is 12.3. The van der Waals surface area contributed by atoms with Gasteiger partial charge in [-0.2, -0.15) is 0 Å². The van der Waals surface area contributed by atoms with Crippen LogP contribution < -0.4 is 4.74 Å². The Kier molecular flexibility index (Phi) is 3.35. The van der Waals surface area contributed by atoms with Gasteiger partial charge in [0.1, 0.15) is 5.75 Å². The monoisotopic (exact) mass is 252 g/mol. The second-order valence-electron chi connectivity index (χ2n) is 3.17. The van der Waals surface area contributed by atoms with E-state index < -0.39 is 5.97 Å². The van der Waals surface area contributed by atoms with Crippen molar-refractivity contribution in [1.29, 1.82) is 0 Å². The third kappa shape index (κ3) is 2.79. The van der Waals surface area contributed by atoms with Gasteiger partial charge >= 0.3 is 5.97 Å². The molecule has 0 aliphatic carbocycles. The molecule has 2 aromatic rings. The smallest absolute Gasteiger partial charge is 0.374 e. The largest absolute Gasteiger partial charge is 0.463 e. The highest BCUT2D eigenvalue weighted by molar-refractivity contribution is 6.30. The maximum atomic E-state index is 11.1. The van der Waals surface area contributed by atoms with Crippen molar-refractivity contribution in [2.45, 2.75) is 0 Å². The zero-order valence-corrected chi connectivity index (χ0v) is 9.73. The fraction of sp³-hybridized carbons (Fsp3) is 0.0833. The molecule has 4 nitrogen and oxygen atoms in total. The quantitative estimate of drug-likeness (QED) is 0.785. The molecule has 0 unspecified atom stereocenters. The maximum Gasteiger partial charge on any atom is 0.374 e. The average molecular weight is 253 g/mol. The summed E-state index contributed by atoms with van der Waals surface area (Å²) in [4.78, 5) is 11.1. The molecule has 0 saturated carbocycles. The van der Waals surface area contributed by atoms with Crippen molar-refractivity contribution in [3.63, 3.8) is 0 Å². The molecule has 0 bridgehead atoms. The summed E-state index contributed by atoms with van der Waals surface area (Å²) in [6.07, 6.45) is 0. The van der Waals surface area contributed by atoms with Crippen molar-refractivity contribution in [1.82, 2.24) is 0 Å². The zero-order valence-electron chi connectivity index (χ0n) is 8.98. The topological polar surface area (TPSA) is 48.7 Å². The van der Waals surface area contributed by atoms with Crippen LogP contribution in [0.1, 0.15) is 10.6 Å². The van der Waals surface area contributed by atoms with E-state index in [0.717, 1.165) is 0 Å². The SMILES string of the molecule is COC(=O)c1ccc(Oc2cccc(Cl)c2)o1. The first-order valence-electron chi connectivity index (χ1n) is 4.80. The number of ether oxygens (including phenoxy) is 2. The summed E-state index contributed by atoms with van der Waals surface area (Å²) in [6.45, 7) is 0. The Bertz CT molecular complexity index is 533. The highest BCUT2D eigenvalue weighted by Crippen LogP contribution is 2.25. The van der Waals surface area contributed by atoms with Crippen LogP contribution >= 0.6 is 11.6 Å². The third-order valence-electron chi connectivity index (χ3n) is 1.98. The Hall–Kier alpha value is -1.94. The second kappa shape index (κ2) is 4.93. The predicted molar refractivity (Wildman–Crippen MR) is 61.6 cm³/mol. The molecule has 0 fully saturated rings. The molecule has 0 radical (unpaired) electrons. The van der Waals surface area contributed by atoms with E-state index in [2.05, 4.69) is 4.74 Å². The molecule has 0 aliphatic heterocycles. The molecular formula is C12H9ClO4. The number of carbonyl (C=O) groups excluding carboxylic acids is 1. The van der Waals surface area contributed by atoms with E-state index in [9.17, 15) is 4.79 Å². The lowest BCUT2D eigenvalue weighted by atomic mass is 10.3. The molecule has 0 atom stereocenters. The van der Waals surface area contributed by atoms with Crippen LogP contribution in [0.4, 0.5) is 0 Å². The predicted octanol–water partition coefficient (Wildman–Crippen LogP) is 3.51. The van der Waals surface area contributed by atoms with Gasteiger partial charge in [0.2, 0.25) is 5.76 Å². The van der Waals surface area contributed by atoms with Crippen molar-refractivity contribution >= 4 is 17.6 Å². The van der Waals surface area contributed by atoms with Gasteiger partial charge in [0.25, 0.3) is 5.95 Å². The summed E-state index contributed by atoms with van der Waals surface area (Å²) in [6, 6.07) is 9.87. The Balaban J connectivity index is 2.14. The number of hydrogen-bond donors (Lipinski definition) is 0. The van der Waals surface area contributed by atoms with Crippen LogP contribution in [0.25, 0.3) is 0 Å². The summed E-state index contributed by atoms with van der Waals surface area (Å²) < 4.78 is 15.0. The number of hydrogen-bond acceptors (Lipinski definition) is 4. The molecule has 0 N–H and O–H groups in total. The third-order valence-corrected chi connectivity index (χ3v) is 2.22. The van der Waals surface area contributed by atoms with Gasteiger partial charge in [-0.25, -0.2) is 4.79 Å². The van der Waals surface area contributed by atoms with Gasteiger partial charge in [-0.1, -0.05) is 17.7 Å². The van der Waals surface area contributed by atoms with Crippen LogP contribution in [0.3, 0.4) is 0 Å². The lowest BCUT2D eigenvalue weighted by Gasteiger charge is -2.01. The fourth-order valence-electron chi connectivity index (χ4n) is 1.23. The van der Waals surface area contributed by atoms with Crippen LogP contribution in [0.15, 0.2) is 40.8 Å². The average Bonchev–Trinajstić information content (AvgIpc) is 2.76. The molecular weight excluding hydrogens is 244 g/mol. The number of furan rings is 1. The molecule has 88 valence electrons. The van der Waals surface area contributed by atoms with Crippen molar-refractivity contribution in [2.24, 2.45) is 0 Å². The van der Waals surface area contributed by atoms with Crippen LogP contribution in [-0.4, -0.2) is 13.1 Å². The van der Waals surface area contributed by atoms with Crippen molar-refractivity contribution in [2.75, 3.05) is 7.11 Å². The Morgan fingerprint density at radius 1 is 1.29 bits per heavy atom. The van der Waals surface area contributed by atoms with Gasteiger partial charge in [0.05, 0.1) is 7.11 Å². The highest BCUT2D eigenvalue weighted by atomic mass is 35.5. The molecule has 2 rings (SSSR count). The summed E-state index contributed by atoms with van der Waals surface area (Å²) in [7, 11) is 1.28. The van der Waals surface area contributed by atoms with E-state index in [1.807, 2.05) is 0 Å². The molecule has 1 aromatic carbocycles. The van der Waals surface area contributed by atoms with Gasteiger partial charge in [0.15, 0.2) is 0 Å². The summed E-state index contributed by atoms with van der Waals surface area (Å²) >= 11 is 5.80. The number of carbonyl (C=O) groups is 1. The molecule has 1 heterocycles. The van der Waals surface area contributed by atoms with E-state index >= 15 is 0 Å². The van der Waals surface area contributed by atoms with Crippen LogP contribution in [0.2, 0.25) is 5.02 Å². The molecule has 0 aliphatic rings. The summed E-state index contributed by atoms with van der Waals surface area (Å²) in [5.41, 5.74) is 0. The fourth-order valence-corrected chi connectivity index (χ4v) is 1.41. The minimum absolute atomic E-state index is 0.0875. The van der Waals surface area contributed by atoms with Crippen LogP contribution in [0, 0.1) is 0 Å². The van der Waals surface area contributed by atoms with Crippen LogP contribution in [-0.2, 0) is 4.74 Å². The highest BCUT2D eigenvalue weighted by Gasteiger charge is 2.12. The number of rotatable bonds is 3. The lowest BCUT2D eigenvalue weighted by molar-refractivity contribution is 0.0560. The normalized spacial score (nSPS) is 10.0. The first-order valence-corrected chi connectivity index (χ1v) is 5.18. The van der Waals surface area contributed by atoms with E-state index in [1.54, 1.807) is 24.3 Å². The first-order chi connectivity index (χ1) is 8.19. The molecule has 0 amide bonds. The number of benzene rings is 1. The second-order valence-corrected chi connectivity index (χ2v) is 3.61. The molecule has 0 spiro atoms. The van der Waals surface area contributed by atoms with Crippen molar-refractivity contribution < 1.29 is 18.7 Å². The first kappa shape index (κ1) is 11.5. The minimum atomic E-state index is -0.550. The Morgan fingerprint density at radius 3 is 2.82 bits per heavy atom. The Labute approximate surface area is 103 Å². The van der Waals surface area contributed by atoms with E-state index in [1.165, 1.54) is 19.2 Å². The number of esters is 1. The van der Waals surface area contributed by atoms with Crippen molar-refractivity contribution in [3.05, 3.63) is 47.2 Å². The molecule has 1 aromatic heterocycles. The summed E-state index contributed by atoms with van der Waals surface area (Å²) in [5, 5.41) is 0.558. The maximum absolute atomic E-state index is 11.1. The van der Waals surface area contributed by atoms with Gasteiger partial charge in [0, 0.05) is 11.1 Å². The van der Waals surface area contributed by atoms with Gasteiger partial charge < -0.3 is 13.9 Å². The van der Waals surface area contributed by atoms with Gasteiger partial charge in [-0.3, -0.25) is 0 Å². The summed E-state index contributed by atoms with van der Waals surface area (Å²) in [5.74, 6) is 0.270. The van der Waals surface area contributed by atoms with E-state index in [-0.39, 0.29) is 11.7 Å². The molecule has 17 heavy (non-hydrogen) atoms. The van der Waals surface area contributed by atoms with E-state index in [4.69, 9.17) is 20.8 Å².